The Kier molecular flexibility index (Phi) is 4.57. The fourth-order valence-corrected chi connectivity index (χ4v) is 4.61. The quantitative estimate of drug-likeness (QED) is 0.582. The molecule has 1 aromatic heterocycles. The number of halogens is 1. The number of aryl methyl sites for hydroxylation is 3. The summed E-state index contributed by atoms with van der Waals surface area (Å²) in [6, 6.07) is 11.9. The van der Waals surface area contributed by atoms with Gasteiger partial charge >= 0.3 is 0 Å². The minimum absolute atomic E-state index is 0.0167. The van der Waals surface area contributed by atoms with E-state index in [9.17, 15) is 4.79 Å². The van der Waals surface area contributed by atoms with Gasteiger partial charge in [-0.3, -0.25) is 4.79 Å². The van der Waals surface area contributed by atoms with E-state index in [4.69, 9.17) is 11.6 Å². The van der Waals surface area contributed by atoms with Crippen LogP contribution in [0, 0.1) is 20.8 Å². The highest BCUT2D eigenvalue weighted by Gasteiger charge is 2.51. The molecule has 3 aromatic rings. The second-order valence-electron chi connectivity index (χ2n) is 7.35. The van der Waals surface area contributed by atoms with Crippen molar-refractivity contribution in [2.24, 2.45) is 0 Å². The van der Waals surface area contributed by atoms with E-state index in [0.29, 0.717) is 10.2 Å². The maximum atomic E-state index is 12.9. The Balaban J connectivity index is 1.57. The summed E-state index contributed by atoms with van der Waals surface area (Å²) in [6.07, 6.45) is 1.71. The average Bonchev–Trinajstić information content (AvgIpc) is 3.30. The molecule has 5 heteroatoms. The smallest absolute Gasteiger partial charge is 0.236 e. The summed E-state index contributed by atoms with van der Waals surface area (Å²) < 4.78 is 0. The number of anilines is 1. The molecule has 1 fully saturated rings. The monoisotopic (exact) mass is 396 g/mol. The number of hydrogen-bond acceptors (Lipinski definition) is 3. The maximum absolute atomic E-state index is 12.9. The van der Waals surface area contributed by atoms with Crippen molar-refractivity contribution in [1.29, 1.82) is 0 Å². The van der Waals surface area contributed by atoms with Crippen LogP contribution in [0.1, 0.15) is 35.1 Å². The molecule has 138 valence electrons. The van der Waals surface area contributed by atoms with Gasteiger partial charge in [-0.25, -0.2) is 4.98 Å². The highest BCUT2D eigenvalue weighted by atomic mass is 35.5. The third-order valence-corrected chi connectivity index (χ3v) is 6.25. The molecule has 1 aliphatic carbocycles. The van der Waals surface area contributed by atoms with Gasteiger partial charge in [0.05, 0.1) is 11.1 Å². The largest absolute Gasteiger partial charge is 0.301 e. The van der Waals surface area contributed by atoms with E-state index < -0.39 is 5.41 Å². The normalized spacial score (nSPS) is 14.8. The average molecular weight is 397 g/mol. The molecule has 2 aromatic carbocycles. The molecule has 0 atom stereocenters. The molecular weight excluding hydrogens is 376 g/mol. The molecule has 0 unspecified atom stereocenters. The van der Waals surface area contributed by atoms with E-state index in [-0.39, 0.29) is 5.91 Å². The van der Waals surface area contributed by atoms with E-state index in [0.717, 1.165) is 29.7 Å². The molecule has 27 heavy (non-hydrogen) atoms. The molecule has 0 bridgehead atoms. The van der Waals surface area contributed by atoms with Gasteiger partial charge in [-0.1, -0.05) is 41.4 Å². The summed E-state index contributed by atoms with van der Waals surface area (Å²) >= 11 is 7.45. The zero-order valence-corrected chi connectivity index (χ0v) is 17.2. The van der Waals surface area contributed by atoms with Gasteiger partial charge in [-0.05, 0) is 62.4 Å². The van der Waals surface area contributed by atoms with Gasteiger partial charge in [-0.15, -0.1) is 11.3 Å². The molecule has 1 saturated carbocycles. The maximum Gasteiger partial charge on any atom is 0.236 e. The summed E-state index contributed by atoms with van der Waals surface area (Å²) in [7, 11) is 0. The molecule has 0 saturated heterocycles. The van der Waals surface area contributed by atoms with E-state index in [2.05, 4.69) is 43.2 Å². The van der Waals surface area contributed by atoms with Gasteiger partial charge < -0.3 is 5.32 Å². The summed E-state index contributed by atoms with van der Waals surface area (Å²) in [5, 5.41) is 6.38. The van der Waals surface area contributed by atoms with E-state index >= 15 is 0 Å². The van der Waals surface area contributed by atoms with Crippen LogP contribution in [0.3, 0.4) is 0 Å². The van der Waals surface area contributed by atoms with Crippen LogP contribution in [0.5, 0.6) is 0 Å². The molecule has 0 aliphatic heterocycles. The fourth-order valence-electron chi connectivity index (χ4n) is 3.79. The Morgan fingerprint density at radius 1 is 1.11 bits per heavy atom. The first-order chi connectivity index (χ1) is 12.9. The molecule has 1 aliphatic rings. The van der Waals surface area contributed by atoms with Gasteiger partial charge in [0.15, 0.2) is 5.13 Å². The summed E-state index contributed by atoms with van der Waals surface area (Å²) in [5.41, 5.74) is 6.30. The Morgan fingerprint density at radius 2 is 1.74 bits per heavy atom. The van der Waals surface area contributed by atoms with Gasteiger partial charge in [-0.2, -0.15) is 0 Å². The van der Waals surface area contributed by atoms with Crippen LogP contribution in [0.2, 0.25) is 5.02 Å². The lowest BCUT2D eigenvalue weighted by Crippen LogP contribution is -2.27. The number of amides is 1. The van der Waals surface area contributed by atoms with Crippen LogP contribution in [0.15, 0.2) is 41.8 Å². The van der Waals surface area contributed by atoms with Crippen molar-refractivity contribution in [2.45, 2.75) is 39.0 Å². The third-order valence-electron chi connectivity index (χ3n) is 5.24. The summed E-state index contributed by atoms with van der Waals surface area (Å²) in [4.78, 5) is 17.6. The number of nitrogens with zero attached hydrogens (tertiary/aromatic N) is 1. The highest BCUT2D eigenvalue weighted by molar-refractivity contribution is 7.14. The van der Waals surface area contributed by atoms with Crippen molar-refractivity contribution in [3.8, 4) is 11.3 Å². The summed E-state index contributed by atoms with van der Waals surface area (Å²) in [5.74, 6) is 0.0167. The summed E-state index contributed by atoms with van der Waals surface area (Å²) in [6.45, 7) is 6.31. The van der Waals surface area contributed by atoms with Crippen LogP contribution < -0.4 is 5.32 Å². The number of nitrogens with one attached hydrogen (secondary N) is 1. The predicted molar refractivity (Wildman–Crippen MR) is 113 cm³/mol. The first-order valence-corrected chi connectivity index (χ1v) is 10.3. The molecule has 1 heterocycles. The lowest BCUT2D eigenvalue weighted by Gasteiger charge is -2.14. The first kappa shape index (κ1) is 18.2. The van der Waals surface area contributed by atoms with E-state index in [1.54, 1.807) is 0 Å². The lowest BCUT2D eigenvalue weighted by molar-refractivity contribution is -0.118. The standard InChI is InChI=1S/C22H21ClN2OS/c1-13-10-14(2)19(15(3)11-13)18-12-27-21(24-18)25-20(26)22(8-9-22)16-4-6-17(23)7-5-16/h4-7,10-12H,8-9H2,1-3H3,(H,24,25,26). The van der Waals surface area contributed by atoms with Crippen LogP contribution in [0.25, 0.3) is 11.3 Å². The molecular formula is C22H21ClN2OS. The number of thiazole rings is 1. The number of carbonyl (C=O) groups excluding carboxylic acids is 1. The van der Waals surface area contributed by atoms with Crippen molar-refractivity contribution in [1.82, 2.24) is 4.98 Å². The Hall–Kier alpha value is -2.17. The van der Waals surface area contributed by atoms with Crippen molar-refractivity contribution >= 4 is 34.0 Å². The zero-order chi connectivity index (χ0) is 19.2. The number of benzene rings is 2. The highest BCUT2D eigenvalue weighted by Crippen LogP contribution is 2.49. The molecule has 4 rings (SSSR count). The second kappa shape index (κ2) is 6.77. The molecule has 0 radical (unpaired) electrons. The minimum Gasteiger partial charge on any atom is -0.301 e. The molecule has 3 nitrogen and oxygen atoms in total. The van der Waals surface area contributed by atoms with Crippen molar-refractivity contribution in [2.75, 3.05) is 5.32 Å². The molecule has 1 amide bonds. The first-order valence-electron chi connectivity index (χ1n) is 9.00. The SMILES string of the molecule is Cc1cc(C)c(-c2csc(NC(=O)C3(c4ccc(Cl)cc4)CC3)n2)c(C)c1. The lowest BCUT2D eigenvalue weighted by atomic mass is 9.95. The van der Waals surface area contributed by atoms with Gasteiger partial charge in [0.2, 0.25) is 5.91 Å². The van der Waals surface area contributed by atoms with E-state index in [1.807, 2.05) is 29.6 Å². The van der Waals surface area contributed by atoms with Crippen molar-refractivity contribution < 1.29 is 4.79 Å². The minimum atomic E-state index is -0.438. The number of hydrogen-bond donors (Lipinski definition) is 1. The number of rotatable bonds is 4. The van der Waals surface area contributed by atoms with Gasteiger partial charge in [0.1, 0.15) is 0 Å². The van der Waals surface area contributed by atoms with Crippen LogP contribution >= 0.6 is 22.9 Å². The topological polar surface area (TPSA) is 42.0 Å². The van der Waals surface area contributed by atoms with Crippen LogP contribution in [0.4, 0.5) is 5.13 Å². The number of aromatic nitrogens is 1. The second-order valence-corrected chi connectivity index (χ2v) is 8.65. The molecule has 0 spiro atoms. The van der Waals surface area contributed by atoms with Gasteiger partial charge in [0, 0.05) is 16.0 Å². The third kappa shape index (κ3) is 3.40. The van der Waals surface area contributed by atoms with Crippen LogP contribution in [-0.4, -0.2) is 10.9 Å². The van der Waals surface area contributed by atoms with Gasteiger partial charge in [0.25, 0.3) is 0 Å². The van der Waals surface area contributed by atoms with Crippen molar-refractivity contribution in [3.63, 3.8) is 0 Å². The number of carbonyl (C=O) groups is 1. The van der Waals surface area contributed by atoms with E-state index in [1.165, 1.54) is 28.0 Å². The Morgan fingerprint density at radius 3 is 2.33 bits per heavy atom. The Labute approximate surface area is 168 Å². The van der Waals surface area contributed by atoms with Crippen molar-refractivity contribution in [3.05, 3.63) is 69.1 Å². The van der Waals surface area contributed by atoms with Crippen LogP contribution in [-0.2, 0) is 10.2 Å². The zero-order valence-electron chi connectivity index (χ0n) is 15.6. The Bertz CT molecular complexity index is 996. The predicted octanol–water partition coefficient (Wildman–Crippen LogP) is 6.06. The molecule has 1 N–H and O–H groups in total. The fraction of sp³-hybridized carbons (Fsp3) is 0.273.